The standard InChI is InChI=1S/C16H19ClN4O/c1-2-7-22-15-5-3-12(8-14(15)17)9-18-13-4-6-16-19-11-20-21(16)10-13/h2-3,5,8,11,13,18H,1,4,6-7,9-10H2. The van der Waals surface area contributed by atoms with Gasteiger partial charge in [-0.1, -0.05) is 30.3 Å². The van der Waals surface area contributed by atoms with Gasteiger partial charge < -0.3 is 10.1 Å². The van der Waals surface area contributed by atoms with E-state index >= 15 is 0 Å². The van der Waals surface area contributed by atoms with Crippen molar-refractivity contribution < 1.29 is 4.74 Å². The van der Waals surface area contributed by atoms with Crippen molar-refractivity contribution >= 4 is 11.6 Å². The lowest BCUT2D eigenvalue weighted by atomic mass is 10.1. The number of ether oxygens (including phenoxy) is 1. The molecule has 0 amide bonds. The highest BCUT2D eigenvalue weighted by molar-refractivity contribution is 6.32. The Hall–Kier alpha value is -1.85. The molecule has 0 radical (unpaired) electrons. The van der Waals surface area contributed by atoms with E-state index in [0.29, 0.717) is 23.4 Å². The smallest absolute Gasteiger partial charge is 0.138 e. The zero-order valence-electron chi connectivity index (χ0n) is 12.3. The summed E-state index contributed by atoms with van der Waals surface area (Å²) in [5.74, 6) is 1.76. The second-order valence-electron chi connectivity index (χ2n) is 5.34. The zero-order chi connectivity index (χ0) is 15.4. The number of nitrogens with zero attached hydrogens (tertiary/aromatic N) is 3. The fourth-order valence-electron chi connectivity index (χ4n) is 2.59. The SMILES string of the molecule is C=CCOc1ccc(CNC2CCc3ncnn3C2)cc1Cl. The Morgan fingerprint density at radius 1 is 1.50 bits per heavy atom. The molecular formula is C16H19ClN4O. The molecule has 1 N–H and O–H groups in total. The topological polar surface area (TPSA) is 52.0 Å². The maximum atomic E-state index is 6.23. The van der Waals surface area contributed by atoms with E-state index in [9.17, 15) is 0 Å². The molecule has 1 aliphatic heterocycles. The number of aromatic nitrogens is 3. The Bertz CT molecular complexity index is 655. The Labute approximate surface area is 135 Å². The van der Waals surface area contributed by atoms with Crippen molar-refractivity contribution in [2.24, 2.45) is 0 Å². The normalized spacial score (nSPS) is 17.0. The molecule has 2 heterocycles. The van der Waals surface area contributed by atoms with E-state index in [2.05, 4.69) is 22.0 Å². The lowest BCUT2D eigenvalue weighted by Crippen LogP contribution is -2.37. The first-order valence-corrected chi connectivity index (χ1v) is 7.76. The van der Waals surface area contributed by atoms with Crippen LogP contribution in [-0.4, -0.2) is 27.4 Å². The molecule has 1 aromatic heterocycles. The number of benzene rings is 1. The summed E-state index contributed by atoms with van der Waals surface area (Å²) in [5, 5.41) is 8.42. The number of halogens is 1. The average molecular weight is 319 g/mol. The number of hydrogen-bond acceptors (Lipinski definition) is 4. The van der Waals surface area contributed by atoms with Crippen LogP contribution in [-0.2, 0) is 19.5 Å². The van der Waals surface area contributed by atoms with Crippen molar-refractivity contribution in [1.82, 2.24) is 20.1 Å². The van der Waals surface area contributed by atoms with Gasteiger partial charge in [0.25, 0.3) is 0 Å². The third kappa shape index (κ3) is 3.48. The van der Waals surface area contributed by atoms with Gasteiger partial charge in [-0.15, -0.1) is 0 Å². The summed E-state index contributed by atoms with van der Waals surface area (Å²) in [6, 6.07) is 6.28. The first-order valence-electron chi connectivity index (χ1n) is 7.38. The average Bonchev–Trinajstić information content (AvgIpc) is 2.99. The summed E-state index contributed by atoms with van der Waals surface area (Å²) < 4.78 is 7.45. The van der Waals surface area contributed by atoms with Crippen LogP contribution in [0.4, 0.5) is 0 Å². The molecule has 0 saturated carbocycles. The predicted molar refractivity (Wildman–Crippen MR) is 86.1 cm³/mol. The van der Waals surface area contributed by atoms with Crippen LogP contribution < -0.4 is 10.1 Å². The Balaban J connectivity index is 1.56. The van der Waals surface area contributed by atoms with Gasteiger partial charge in [0.05, 0.1) is 11.6 Å². The van der Waals surface area contributed by atoms with E-state index in [-0.39, 0.29) is 0 Å². The van der Waals surface area contributed by atoms with Crippen LogP contribution in [0, 0.1) is 0 Å². The molecule has 0 spiro atoms. The molecule has 5 nitrogen and oxygen atoms in total. The maximum absolute atomic E-state index is 6.23. The van der Waals surface area contributed by atoms with E-state index in [0.717, 1.165) is 37.3 Å². The summed E-state index contributed by atoms with van der Waals surface area (Å²) in [4.78, 5) is 4.24. The molecule has 6 heteroatoms. The summed E-state index contributed by atoms with van der Waals surface area (Å²) in [7, 11) is 0. The summed E-state index contributed by atoms with van der Waals surface area (Å²) in [6.45, 7) is 5.72. The molecule has 0 fully saturated rings. The molecule has 1 aromatic carbocycles. The minimum absolute atomic E-state index is 0.407. The summed E-state index contributed by atoms with van der Waals surface area (Å²) in [6.07, 6.45) is 5.37. The first-order chi connectivity index (χ1) is 10.8. The fraction of sp³-hybridized carbons (Fsp3) is 0.375. The Morgan fingerprint density at radius 3 is 3.23 bits per heavy atom. The Kier molecular flexibility index (Phi) is 4.75. The maximum Gasteiger partial charge on any atom is 0.138 e. The molecular weight excluding hydrogens is 300 g/mol. The fourth-order valence-corrected chi connectivity index (χ4v) is 2.84. The van der Waals surface area contributed by atoms with E-state index in [1.54, 1.807) is 12.4 Å². The summed E-state index contributed by atoms with van der Waals surface area (Å²) in [5.41, 5.74) is 1.14. The molecule has 0 bridgehead atoms. The van der Waals surface area contributed by atoms with E-state index < -0.39 is 0 Å². The highest BCUT2D eigenvalue weighted by Crippen LogP contribution is 2.25. The van der Waals surface area contributed by atoms with Gasteiger partial charge in [0.2, 0.25) is 0 Å². The molecule has 1 atom stereocenters. The van der Waals surface area contributed by atoms with Crippen molar-refractivity contribution in [3.63, 3.8) is 0 Å². The van der Waals surface area contributed by atoms with Gasteiger partial charge in [0, 0.05) is 19.0 Å². The highest BCUT2D eigenvalue weighted by Gasteiger charge is 2.19. The lowest BCUT2D eigenvalue weighted by Gasteiger charge is -2.23. The minimum Gasteiger partial charge on any atom is -0.488 e. The van der Waals surface area contributed by atoms with Crippen LogP contribution in [0.1, 0.15) is 17.8 Å². The largest absolute Gasteiger partial charge is 0.488 e. The van der Waals surface area contributed by atoms with Crippen LogP contribution in [0.5, 0.6) is 5.75 Å². The van der Waals surface area contributed by atoms with Gasteiger partial charge in [-0.2, -0.15) is 5.10 Å². The molecule has 3 rings (SSSR count). The molecule has 116 valence electrons. The first kappa shape index (κ1) is 15.1. The number of fused-ring (bicyclic) bond motifs is 1. The second kappa shape index (κ2) is 6.94. The van der Waals surface area contributed by atoms with E-state index in [1.165, 1.54) is 0 Å². The van der Waals surface area contributed by atoms with E-state index in [4.69, 9.17) is 16.3 Å². The van der Waals surface area contributed by atoms with Crippen LogP contribution in [0.3, 0.4) is 0 Å². The van der Waals surface area contributed by atoms with Gasteiger partial charge in [0.15, 0.2) is 0 Å². The molecule has 2 aromatic rings. The van der Waals surface area contributed by atoms with E-state index in [1.807, 2.05) is 22.9 Å². The van der Waals surface area contributed by atoms with Gasteiger partial charge in [-0.05, 0) is 24.1 Å². The van der Waals surface area contributed by atoms with Crippen molar-refractivity contribution in [3.05, 3.63) is 53.6 Å². The lowest BCUT2D eigenvalue weighted by molar-refractivity contribution is 0.357. The van der Waals surface area contributed by atoms with Crippen LogP contribution in [0.15, 0.2) is 37.2 Å². The van der Waals surface area contributed by atoms with Gasteiger partial charge in [-0.25, -0.2) is 9.67 Å². The van der Waals surface area contributed by atoms with Gasteiger partial charge in [0.1, 0.15) is 24.5 Å². The van der Waals surface area contributed by atoms with Crippen molar-refractivity contribution in [3.8, 4) is 5.75 Å². The minimum atomic E-state index is 0.407. The van der Waals surface area contributed by atoms with Crippen LogP contribution >= 0.6 is 11.6 Å². The van der Waals surface area contributed by atoms with Crippen molar-refractivity contribution in [2.45, 2.75) is 32.0 Å². The number of aryl methyl sites for hydroxylation is 1. The molecule has 1 unspecified atom stereocenters. The van der Waals surface area contributed by atoms with Crippen molar-refractivity contribution in [1.29, 1.82) is 0 Å². The number of rotatable bonds is 6. The third-order valence-corrected chi connectivity index (χ3v) is 4.05. The molecule has 1 aliphatic rings. The van der Waals surface area contributed by atoms with Crippen LogP contribution in [0.2, 0.25) is 5.02 Å². The summed E-state index contributed by atoms with van der Waals surface area (Å²) >= 11 is 6.23. The molecule has 22 heavy (non-hydrogen) atoms. The predicted octanol–water partition coefficient (Wildman–Crippen LogP) is 2.60. The quantitative estimate of drug-likeness (QED) is 0.832. The third-order valence-electron chi connectivity index (χ3n) is 3.75. The number of nitrogens with one attached hydrogen (secondary N) is 1. The second-order valence-corrected chi connectivity index (χ2v) is 5.75. The molecule has 0 aliphatic carbocycles. The zero-order valence-corrected chi connectivity index (χ0v) is 13.1. The highest BCUT2D eigenvalue weighted by atomic mass is 35.5. The monoisotopic (exact) mass is 318 g/mol. The Morgan fingerprint density at radius 2 is 2.41 bits per heavy atom. The van der Waals surface area contributed by atoms with Gasteiger partial charge >= 0.3 is 0 Å². The van der Waals surface area contributed by atoms with Crippen molar-refractivity contribution in [2.75, 3.05) is 6.61 Å². The van der Waals surface area contributed by atoms with Crippen LogP contribution in [0.25, 0.3) is 0 Å². The number of hydrogen-bond donors (Lipinski definition) is 1. The van der Waals surface area contributed by atoms with Gasteiger partial charge in [-0.3, -0.25) is 0 Å². The molecule has 0 saturated heterocycles.